The molecule has 0 saturated carbocycles. The number of carbonyl (C=O) groups is 1. The molecule has 0 fully saturated rings. The van der Waals surface area contributed by atoms with Crippen molar-refractivity contribution >= 4 is 28.6 Å². The van der Waals surface area contributed by atoms with Crippen molar-refractivity contribution in [2.45, 2.75) is 46.5 Å². The van der Waals surface area contributed by atoms with E-state index in [1.54, 1.807) is 6.20 Å². The minimum atomic E-state index is 0.0898. The molecule has 0 spiro atoms. The van der Waals surface area contributed by atoms with Crippen LogP contribution < -0.4 is 5.32 Å². The second-order valence-corrected chi connectivity index (χ2v) is 8.70. The molecule has 0 aliphatic heterocycles. The van der Waals surface area contributed by atoms with Gasteiger partial charge < -0.3 is 0 Å². The third-order valence-electron chi connectivity index (χ3n) is 6.31. The summed E-state index contributed by atoms with van der Waals surface area (Å²) >= 11 is 0. The Bertz CT molecular complexity index is 1360. The molecule has 0 amide bonds. The van der Waals surface area contributed by atoms with Crippen LogP contribution in [0.4, 0.5) is 11.9 Å². The van der Waals surface area contributed by atoms with Gasteiger partial charge in [-0.1, -0.05) is 29.8 Å². The average Bonchev–Trinajstić information content (AvgIpc) is 2.75. The summed E-state index contributed by atoms with van der Waals surface area (Å²) in [7, 11) is 0. The largest absolute Gasteiger partial charge is 0.294 e. The van der Waals surface area contributed by atoms with E-state index in [1.807, 2.05) is 6.92 Å². The zero-order valence-electron chi connectivity index (χ0n) is 18.7. The molecule has 6 nitrogen and oxygen atoms in total. The lowest BCUT2D eigenvalue weighted by Crippen LogP contribution is -2.21. The van der Waals surface area contributed by atoms with Crippen LogP contribution in [0.5, 0.6) is 0 Å². The van der Waals surface area contributed by atoms with E-state index in [1.165, 1.54) is 22.3 Å². The molecular formula is C26H25N5O. The van der Waals surface area contributed by atoms with Gasteiger partial charge in [0.1, 0.15) is 0 Å². The summed E-state index contributed by atoms with van der Waals surface area (Å²) in [4.78, 5) is 31.0. The lowest BCUT2D eigenvalue weighted by molar-refractivity contribution is 0.0962. The molecule has 4 aromatic rings. The lowest BCUT2D eigenvalue weighted by atomic mass is 9.82. The maximum Gasteiger partial charge on any atom is 0.230 e. The molecule has 1 aliphatic carbocycles. The lowest BCUT2D eigenvalue weighted by Gasteiger charge is -2.23. The smallest absolute Gasteiger partial charge is 0.230 e. The highest BCUT2D eigenvalue weighted by Gasteiger charge is 2.28. The Morgan fingerprint density at radius 3 is 2.41 bits per heavy atom. The fourth-order valence-electron chi connectivity index (χ4n) is 4.28. The second kappa shape index (κ2) is 7.79. The van der Waals surface area contributed by atoms with Gasteiger partial charge in [-0.2, -0.15) is 0 Å². The summed E-state index contributed by atoms with van der Waals surface area (Å²) in [6, 6.07) is 12.6. The number of carbonyl (C=O) groups excluding carboxylic acids is 1. The van der Waals surface area contributed by atoms with E-state index >= 15 is 0 Å². The number of Topliss-reactive ketones (excluding diaryl/α,β-unsaturated/α-hetero) is 1. The minimum absolute atomic E-state index is 0.0898. The van der Waals surface area contributed by atoms with Crippen LogP contribution in [0.1, 0.15) is 56.3 Å². The first-order valence-electron chi connectivity index (χ1n) is 10.9. The number of rotatable bonds is 3. The van der Waals surface area contributed by atoms with Gasteiger partial charge in [-0.15, -0.1) is 0 Å². The molecular weight excluding hydrogens is 398 g/mol. The van der Waals surface area contributed by atoms with Crippen LogP contribution in [0.25, 0.3) is 10.9 Å². The summed E-state index contributed by atoms with van der Waals surface area (Å²) in [6.45, 7) is 8.21. The van der Waals surface area contributed by atoms with E-state index in [0.717, 1.165) is 22.3 Å². The van der Waals surface area contributed by atoms with Crippen LogP contribution >= 0.6 is 0 Å². The zero-order chi connectivity index (χ0) is 22.4. The van der Waals surface area contributed by atoms with Crippen molar-refractivity contribution in [2.24, 2.45) is 0 Å². The van der Waals surface area contributed by atoms with Crippen molar-refractivity contribution in [3.63, 3.8) is 0 Å². The fourth-order valence-corrected chi connectivity index (χ4v) is 4.28. The highest BCUT2D eigenvalue weighted by atomic mass is 16.1. The minimum Gasteiger partial charge on any atom is -0.294 e. The number of hydrogen-bond acceptors (Lipinski definition) is 6. The first kappa shape index (κ1) is 20.2. The predicted molar refractivity (Wildman–Crippen MR) is 126 cm³/mol. The molecule has 0 saturated heterocycles. The Balaban J connectivity index is 1.45. The summed E-state index contributed by atoms with van der Waals surface area (Å²) in [5, 5.41) is 4.18. The van der Waals surface area contributed by atoms with Crippen molar-refractivity contribution in [3.05, 3.63) is 81.8 Å². The highest BCUT2D eigenvalue weighted by Crippen LogP contribution is 2.32. The Hall–Kier alpha value is -3.67. The Morgan fingerprint density at radius 1 is 0.875 bits per heavy atom. The van der Waals surface area contributed by atoms with Gasteiger partial charge in [-0.05, 0) is 68.9 Å². The molecule has 5 rings (SSSR count). The first-order valence-corrected chi connectivity index (χ1v) is 10.9. The third-order valence-corrected chi connectivity index (χ3v) is 6.31. The van der Waals surface area contributed by atoms with E-state index in [-0.39, 0.29) is 11.7 Å². The van der Waals surface area contributed by atoms with E-state index in [0.29, 0.717) is 30.3 Å². The van der Waals surface area contributed by atoms with Gasteiger partial charge in [0, 0.05) is 18.0 Å². The first-order chi connectivity index (χ1) is 15.4. The molecule has 1 atom stereocenters. The molecule has 1 N–H and O–H groups in total. The van der Waals surface area contributed by atoms with Crippen molar-refractivity contribution in [1.29, 1.82) is 0 Å². The van der Waals surface area contributed by atoms with Gasteiger partial charge in [0.05, 0.1) is 22.5 Å². The molecule has 2 aromatic carbocycles. The van der Waals surface area contributed by atoms with Crippen LogP contribution in [0.2, 0.25) is 0 Å². The molecule has 1 unspecified atom stereocenters. The zero-order valence-corrected chi connectivity index (χ0v) is 18.7. The molecule has 1 aliphatic rings. The van der Waals surface area contributed by atoms with Crippen molar-refractivity contribution in [1.82, 2.24) is 19.9 Å². The number of anilines is 2. The highest BCUT2D eigenvalue weighted by molar-refractivity contribution is 5.98. The number of nitrogens with zero attached hydrogens (tertiary/aromatic N) is 4. The van der Waals surface area contributed by atoms with Crippen LogP contribution in [0.3, 0.4) is 0 Å². The fraction of sp³-hybridized carbons (Fsp3) is 0.269. The SMILES string of the molecule is Cc1ccc(C2CC(=O)c3cnc(Nc4nc(C)c5cc(C)c(C)cc5n4)nc3C2)cc1. The van der Waals surface area contributed by atoms with E-state index < -0.39 is 0 Å². The summed E-state index contributed by atoms with van der Waals surface area (Å²) < 4.78 is 0. The molecule has 2 heterocycles. The van der Waals surface area contributed by atoms with E-state index in [9.17, 15) is 4.79 Å². The maximum absolute atomic E-state index is 12.7. The van der Waals surface area contributed by atoms with Gasteiger partial charge >= 0.3 is 0 Å². The Morgan fingerprint density at radius 2 is 1.62 bits per heavy atom. The maximum atomic E-state index is 12.7. The number of ketones is 1. The number of aromatic nitrogens is 4. The Kier molecular flexibility index (Phi) is 4.93. The van der Waals surface area contributed by atoms with Crippen LogP contribution in [-0.4, -0.2) is 25.7 Å². The van der Waals surface area contributed by atoms with Crippen molar-refractivity contribution < 1.29 is 4.79 Å². The normalized spacial score (nSPS) is 15.6. The second-order valence-electron chi connectivity index (χ2n) is 8.70. The van der Waals surface area contributed by atoms with Crippen molar-refractivity contribution in [2.75, 3.05) is 5.32 Å². The number of hydrogen-bond donors (Lipinski definition) is 1. The molecule has 6 heteroatoms. The molecule has 0 bridgehead atoms. The third kappa shape index (κ3) is 3.73. The van der Waals surface area contributed by atoms with Crippen LogP contribution in [0.15, 0.2) is 42.6 Å². The average molecular weight is 424 g/mol. The van der Waals surface area contributed by atoms with Crippen molar-refractivity contribution in [3.8, 4) is 0 Å². The molecule has 0 radical (unpaired) electrons. The number of aryl methyl sites for hydroxylation is 4. The number of fused-ring (bicyclic) bond motifs is 2. The standard InChI is InChI=1S/C26H25N5O/c1-14-5-7-18(8-6-14)19-11-23-21(24(32)12-19)13-27-25(29-23)31-26-28-17(4)20-9-15(2)16(3)10-22(20)30-26/h5-10,13,19H,11-12H2,1-4H3,(H,27,28,29,30,31). The monoisotopic (exact) mass is 423 g/mol. The summed E-state index contributed by atoms with van der Waals surface area (Å²) in [5.74, 6) is 1.08. The Labute approximate surface area is 187 Å². The number of benzene rings is 2. The van der Waals surface area contributed by atoms with E-state index in [2.05, 4.69) is 82.4 Å². The van der Waals surface area contributed by atoms with Gasteiger partial charge in [-0.25, -0.2) is 19.9 Å². The molecule has 160 valence electrons. The summed E-state index contributed by atoms with van der Waals surface area (Å²) in [6.07, 6.45) is 2.81. The van der Waals surface area contributed by atoms with Crippen LogP contribution in [0, 0.1) is 27.7 Å². The molecule has 32 heavy (non-hydrogen) atoms. The topological polar surface area (TPSA) is 80.7 Å². The van der Waals surface area contributed by atoms with Gasteiger partial charge in [0.15, 0.2) is 5.78 Å². The van der Waals surface area contributed by atoms with Gasteiger partial charge in [0.2, 0.25) is 11.9 Å². The summed E-state index contributed by atoms with van der Waals surface area (Å²) in [5.41, 5.74) is 7.95. The van der Waals surface area contributed by atoms with Gasteiger partial charge in [0.25, 0.3) is 0 Å². The quantitative estimate of drug-likeness (QED) is 0.481. The van der Waals surface area contributed by atoms with E-state index in [4.69, 9.17) is 0 Å². The van der Waals surface area contributed by atoms with Gasteiger partial charge in [-0.3, -0.25) is 10.1 Å². The van der Waals surface area contributed by atoms with Crippen LogP contribution in [-0.2, 0) is 6.42 Å². The number of nitrogens with one attached hydrogen (secondary N) is 1. The predicted octanol–water partition coefficient (Wildman–Crippen LogP) is 5.31. The molecule has 2 aromatic heterocycles.